The molecule has 1 unspecified atom stereocenters. The Morgan fingerprint density at radius 3 is 2.26 bits per heavy atom. The van der Waals surface area contributed by atoms with Crippen LogP contribution in [-0.4, -0.2) is 19.6 Å². The standard InChI is InChI=1S/C31H29NO3/c1-5-32(22-13-10-20(2)11-14-22)23-15-16-26-29(19-23)35-28-17-12-21(3)18-27(28)30(26)24-8-6-7-9-25(24)31(33)34-4/h6-19,30H,5H2,1-4H3. The summed E-state index contributed by atoms with van der Waals surface area (Å²) in [4.78, 5) is 14.9. The molecule has 0 fully saturated rings. The predicted molar refractivity (Wildman–Crippen MR) is 140 cm³/mol. The largest absolute Gasteiger partial charge is 0.465 e. The van der Waals surface area contributed by atoms with E-state index in [-0.39, 0.29) is 11.9 Å². The molecular formula is C31H29NO3. The van der Waals surface area contributed by atoms with E-state index in [1.165, 1.54) is 12.7 Å². The van der Waals surface area contributed by atoms with Gasteiger partial charge in [0.1, 0.15) is 11.5 Å². The van der Waals surface area contributed by atoms with Crippen molar-refractivity contribution in [2.45, 2.75) is 26.7 Å². The van der Waals surface area contributed by atoms with Crippen LogP contribution in [0.5, 0.6) is 11.5 Å². The lowest BCUT2D eigenvalue weighted by Gasteiger charge is -2.31. The number of esters is 1. The second-order valence-corrected chi connectivity index (χ2v) is 8.96. The summed E-state index contributed by atoms with van der Waals surface area (Å²) in [6.07, 6.45) is 0. The highest BCUT2D eigenvalue weighted by atomic mass is 16.5. The van der Waals surface area contributed by atoms with E-state index in [0.717, 1.165) is 51.7 Å². The Labute approximate surface area is 206 Å². The average Bonchev–Trinajstić information content (AvgIpc) is 2.88. The number of methoxy groups -OCH3 is 1. The van der Waals surface area contributed by atoms with Crippen molar-refractivity contribution in [3.05, 3.63) is 118 Å². The molecule has 4 heteroatoms. The van der Waals surface area contributed by atoms with Gasteiger partial charge in [-0.3, -0.25) is 0 Å². The van der Waals surface area contributed by atoms with Crippen molar-refractivity contribution in [2.75, 3.05) is 18.6 Å². The lowest BCUT2D eigenvalue weighted by Crippen LogP contribution is -2.18. The summed E-state index contributed by atoms with van der Waals surface area (Å²) in [5, 5.41) is 0. The third kappa shape index (κ3) is 4.17. The molecule has 0 saturated heterocycles. The van der Waals surface area contributed by atoms with E-state index in [4.69, 9.17) is 9.47 Å². The molecule has 35 heavy (non-hydrogen) atoms. The Morgan fingerprint density at radius 1 is 0.800 bits per heavy atom. The van der Waals surface area contributed by atoms with Gasteiger partial charge in [-0.2, -0.15) is 0 Å². The minimum Gasteiger partial charge on any atom is -0.465 e. The first-order valence-electron chi connectivity index (χ1n) is 11.9. The quantitative estimate of drug-likeness (QED) is 0.253. The van der Waals surface area contributed by atoms with Crippen LogP contribution in [0.3, 0.4) is 0 Å². The minimum absolute atomic E-state index is 0.146. The number of rotatable bonds is 5. The summed E-state index contributed by atoms with van der Waals surface area (Å²) in [5.74, 6) is 1.13. The second kappa shape index (κ2) is 9.30. The van der Waals surface area contributed by atoms with Crippen molar-refractivity contribution in [3.8, 4) is 11.5 Å². The van der Waals surface area contributed by atoms with E-state index < -0.39 is 0 Å². The van der Waals surface area contributed by atoms with Gasteiger partial charge in [0.05, 0.1) is 12.7 Å². The van der Waals surface area contributed by atoms with E-state index in [1.54, 1.807) is 0 Å². The van der Waals surface area contributed by atoms with E-state index in [1.807, 2.05) is 30.3 Å². The number of hydrogen-bond acceptors (Lipinski definition) is 4. The van der Waals surface area contributed by atoms with Crippen LogP contribution in [0.1, 0.15) is 51.0 Å². The highest BCUT2D eigenvalue weighted by Gasteiger charge is 2.32. The highest BCUT2D eigenvalue weighted by Crippen LogP contribution is 2.49. The van der Waals surface area contributed by atoms with Gasteiger partial charge in [0.2, 0.25) is 0 Å². The molecule has 1 heterocycles. The number of carbonyl (C=O) groups is 1. The zero-order valence-electron chi connectivity index (χ0n) is 20.5. The van der Waals surface area contributed by atoms with Gasteiger partial charge in [0.15, 0.2) is 0 Å². The SMILES string of the molecule is CCN(c1ccc(C)cc1)c1ccc2c(c1)Oc1ccc(C)cc1C2c1ccccc1C(=O)OC. The fraction of sp³-hybridized carbons (Fsp3) is 0.194. The summed E-state index contributed by atoms with van der Waals surface area (Å²) < 4.78 is 11.6. The third-order valence-electron chi connectivity index (χ3n) is 6.66. The van der Waals surface area contributed by atoms with Crippen molar-refractivity contribution in [1.82, 2.24) is 0 Å². The van der Waals surface area contributed by atoms with Crippen LogP contribution in [-0.2, 0) is 4.74 Å². The van der Waals surface area contributed by atoms with Crippen LogP contribution in [0.2, 0.25) is 0 Å². The Bertz CT molecular complexity index is 1390. The molecule has 0 saturated carbocycles. The fourth-order valence-electron chi connectivity index (χ4n) is 4.91. The Kier molecular flexibility index (Phi) is 6.04. The zero-order chi connectivity index (χ0) is 24.5. The number of fused-ring (bicyclic) bond motifs is 2. The molecule has 4 aromatic rings. The molecule has 5 rings (SSSR count). The number of nitrogens with zero attached hydrogens (tertiary/aromatic N) is 1. The maximum atomic E-state index is 12.7. The second-order valence-electron chi connectivity index (χ2n) is 8.96. The van der Waals surface area contributed by atoms with Gasteiger partial charge in [0, 0.05) is 41.0 Å². The number of benzene rings is 4. The van der Waals surface area contributed by atoms with Gasteiger partial charge in [-0.25, -0.2) is 4.79 Å². The maximum absolute atomic E-state index is 12.7. The lowest BCUT2D eigenvalue weighted by molar-refractivity contribution is 0.0599. The number of anilines is 2. The normalized spacial score (nSPS) is 13.9. The molecule has 176 valence electrons. The summed E-state index contributed by atoms with van der Waals surface area (Å²) in [5.41, 5.74) is 8.13. The average molecular weight is 464 g/mol. The first-order chi connectivity index (χ1) is 17.0. The van der Waals surface area contributed by atoms with Crippen molar-refractivity contribution in [1.29, 1.82) is 0 Å². The Hall–Kier alpha value is -4.05. The topological polar surface area (TPSA) is 38.8 Å². The smallest absolute Gasteiger partial charge is 0.338 e. The molecule has 1 atom stereocenters. The van der Waals surface area contributed by atoms with E-state index >= 15 is 0 Å². The van der Waals surface area contributed by atoms with Crippen molar-refractivity contribution in [3.63, 3.8) is 0 Å². The number of aryl methyl sites for hydroxylation is 2. The molecule has 0 aromatic heterocycles. The van der Waals surface area contributed by atoms with Crippen LogP contribution >= 0.6 is 0 Å². The van der Waals surface area contributed by atoms with Crippen molar-refractivity contribution < 1.29 is 14.3 Å². The Morgan fingerprint density at radius 2 is 1.51 bits per heavy atom. The predicted octanol–water partition coefficient (Wildman–Crippen LogP) is 7.53. The van der Waals surface area contributed by atoms with Gasteiger partial charge in [-0.05, 0) is 56.7 Å². The van der Waals surface area contributed by atoms with Crippen LogP contribution in [0, 0.1) is 13.8 Å². The van der Waals surface area contributed by atoms with Gasteiger partial charge in [-0.15, -0.1) is 0 Å². The first-order valence-corrected chi connectivity index (χ1v) is 11.9. The molecule has 0 N–H and O–H groups in total. The number of carbonyl (C=O) groups excluding carboxylic acids is 1. The minimum atomic E-state index is -0.337. The van der Waals surface area contributed by atoms with E-state index in [2.05, 4.69) is 80.3 Å². The number of ether oxygens (including phenoxy) is 2. The van der Waals surface area contributed by atoms with Crippen LogP contribution in [0.15, 0.2) is 84.9 Å². The fourth-order valence-corrected chi connectivity index (χ4v) is 4.91. The van der Waals surface area contributed by atoms with Crippen LogP contribution < -0.4 is 9.64 Å². The maximum Gasteiger partial charge on any atom is 0.338 e. The monoisotopic (exact) mass is 463 g/mol. The molecule has 1 aliphatic rings. The first kappa shape index (κ1) is 22.7. The van der Waals surface area contributed by atoms with E-state index in [0.29, 0.717) is 5.56 Å². The summed E-state index contributed by atoms with van der Waals surface area (Å²) in [6, 6.07) is 28.8. The molecule has 4 aromatic carbocycles. The highest BCUT2D eigenvalue weighted by molar-refractivity contribution is 5.92. The van der Waals surface area contributed by atoms with Crippen LogP contribution in [0.25, 0.3) is 0 Å². The molecular weight excluding hydrogens is 434 g/mol. The molecule has 0 amide bonds. The number of hydrogen-bond donors (Lipinski definition) is 0. The summed E-state index contributed by atoms with van der Waals surface area (Å²) >= 11 is 0. The molecule has 0 aliphatic carbocycles. The molecule has 0 radical (unpaired) electrons. The van der Waals surface area contributed by atoms with E-state index in [9.17, 15) is 4.79 Å². The van der Waals surface area contributed by atoms with Gasteiger partial charge in [0.25, 0.3) is 0 Å². The van der Waals surface area contributed by atoms with Crippen molar-refractivity contribution in [2.24, 2.45) is 0 Å². The van der Waals surface area contributed by atoms with Crippen LogP contribution in [0.4, 0.5) is 11.4 Å². The van der Waals surface area contributed by atoms with Gasteiger partial charge >= 0.3 is 5.97 Å². The molecule has 4 nitrogen and oxygen atoms in total. The zero-order valence-corrected chi connectivity index (χ0v) is 20.5. The molecule has 1 aliphatic heterocycles. The summed E-state index contributed by atoms with van der Waals surface area (Å²) in [7, 11) is 1.42. The molecule has 0 bridgehead atoms. The summed E-state index contributed by atoms with van der Waals surface area (Å²) in [6.45, 7) is 7.14. The molecule has 0 spiro atoms. The van der Waals surface area contributed by atoms with Crippen molar-refractivity contribution >= 4 is 17.3 Å². The van der Waals surface area contributed by atoms with Gasteiger partial charge in [-0.1, -0.05) is 59.7 Å². The van der Waals surface area contributed by atoms with Gasteiger partial charge < -0.3 is 14.4 Å². The Balaban J connectivity index is 1.66. The lowest BCUT2D eigenvalue weighted by atomic mass is 9.80. The third-order valence-corrected chi connectivity index (χ3v) is 6.66.